The molecule has 3 fully saturated rings. The van der Waals surface area contributed by atoms with Crippen molar-refractivity contribution in [3.8, 4) is 22.2 Å². The number of fused-ring (bicyclic) bond motifs is 3. The number of benzene rings is 1. The van der Waals surface area contributed by atoms with Crippen LogP contribution < -0.4 is 19.5 Å². The van der Waals surface area contributed by atoms with E-state index in [1.54, 1.807) is 11.0 Å². The lowest BCUT2D eigenvalue weighted by Crippen LogP contribution is -2.56. The number of hydrogen-bond acceptors (Lipinski definition) is 10. The highest BCUT2D eigenvalue weighted by atomic mass is 35.5. The zero-order chi connectivity index (χ0) is 36.1. The lowest BCUT2D eigenvalue weighted by Gasteiger charge is -2.26. The number of hydrogen-bond donors (Lipinski definition) is 2. The number of sulfonamides is 1. The first-order valence-corrected chi connectivity index (χ1v) is 20.3. The van der Waals surface area contributed by atoms with Crippen molar-refractivity contribution in [2.45, 2.75) is 100 Å². The van der Waals surface area contributed by atoms with Gasteiger partial charge in [-0.05, 0) is 56.6 Å². The summed E-state index contributed by atoms with van der Waals surface area (Å²) >= 11 is 8.24. The monoisotopic (exact) mass is 755 g/mol. The molecular weight excluding hydrogens is 714 g/mol. The Hall–Kier alpha value is -3.75. The average molecular weight is 756 g/mol. The van der Waals surface area contributed by atoms with Gasteiger partial charge in [-0.3, -0.25) is 19.1 Å². The van der Waals surface area contributed by atoms with E-state index in [0.717, 1.165) is 25.0 Å². The molecule has 12 nitrogen and oxygen atoms in total. The molecule has 3 aromatic rings. The Kier molecular flexibility index (Phi) is 9.78. The maximum Gasteiger partial charge on any atom is 0.259 e. The summed E-state index contributed by atoms with van der Waals surface area (Å²) in [6.45, 7) is 4.29. The molecule has 0 unspecified atom stereocenters. The Balaban J connectivity index is 1.19. The van der Waals surface area contributed by atoms with E-state index in [0.29, 0.717) is 57.4 Å². The molecule has 51 heavy (non-hydrogen) atoms. The van der Waals surface area contributed by atoms with E-state index in [2.05, 4.69) is 23.9 Å². The fourth-order valence-corrected chi connectivity index (χ4v) is 9.50. The van der Waals surface area contributed by atoms with Crippen molar-refractivity contribution in [3.63, 3.8) is 0 Å². The number of allylic oxidation sites excluding steroid dienone is 1. The van der Waals surface area contributed by atoms with Crippen molar-refractivity contribution in [3.05, 3.63) is 46.4 Å². The van der Waals surface area contributed by atoms with Gasteiger partial charge in [0.05, 0.1) is 30.1 Å². The van der Waals surface area contributed by atoms with Gasteiger partial charge in [-0.1, -0.05) is 44.0 Å². The first-order valence-electron chi connectivity index (χ1n) is 17.5. The second kappa shape index (κ2) is 14.0. The lowest BCUT2D eigenvalue weighted by molar-refractivity contribution is -0.139. The van der Waals surface area contributed by atoms with Gasteiger partial charge in [-0.15, -0.1) is 11.3 Å². The number of nitrogens with zero attached hydrogens (tertiary/aromatic N) is 3. The highest BCUT2D eigenvalue weighted by Gasteiger charge is 2.62. The molecule has 2 aromatic heterocycles. The maximum atomic E-state index is 14.1. The molecule has 2 saturated carbocycles. The molecule has 7 rings (SSSR count). The lowest BCUT2D eigenvalue weighted by atomic mass is 10.1. The summed E-state index contributed by atoms with van der Waals surface area (Å²) in [4.78, 5) is 52.6. The van der Waals surface area contributed by atoms with Gasteiger partial charge in [-0.25, -0.2) is 18.4 Å². The zero-order valence-electron chi connectivity index (χ0n) is 28.8. The smallest absolute Gasteiger partial charge is 0.259 e. The minimum atomic E-state index is -3.83. The molecule has 2 N–H and O–H groups in total. The third kappa shape index (κ3) is 7.19. The summed E-state index contributed by atoms with van der Waals surface area (Å²) in [6, 6.07) is 4.44. The molecule has 0 spiro atoms. The standard InChI is InChI=1S/C36H42ClN5O7S2/c1-20(2)26-19-50-34(39-26)25-16-29(24-13-14-28(48-3)31(37)32(24)38-25)49-22-15-27-33(44)40-36(35(45)41-51(46,47)23-11-12-23)17-21(36)9-7-5-4-6-8-10-30(43)42(27)18-22/h7,9,13-14,16,19-23,27H,4-6,8,10-12,15,17-18H2,1-3H3,(H,40,44)(H,41,45)/t21-,22-,27+,36-/m1/s1. The van der Waals surface area contributed by atoms with Crippen molar-refractivity contribution in [1.82, 2.24) is 24.9 Å². The zero-order valence-corrected chi connectivity index (χ0v) is 31.2. The quantitative estimate of drug-likeness (QED) is 0.284. The summed E-state index contributed by atoms with van der Waals surface area (Å²) in [5, 5.41) is 5.97. The minimum absolute atomic E-state index is 0.146. The third-order valence-corrected chi connectivity index (χ3v) is 13.2. The van der Waals surface area contributed by atoms with Crippen LogP contribution in [-0.2, 0) is 24.4 Å². The molecule has 2 aliphatic heterocycles. The van der Waals surface area contributed by atoms with Crippen LogP contribution in [0.15, 0.2) is 35.7 Å². The van der Waals surface area contributed by atoms with E-state index in [1.807, 2.05) is 29.7 Å². The van der Waals surface area contributed by atoms with Gasteiger partial charge in [0.15, 0.2) is 0 Å². The van der Waals surface area contributed by atoms with Crippen LogP contribution in [0, 0.1) is 5.92 Å². The molecule has 3 amide bonds. The predicted molar refractivity (Wildman–Crippen MR) is 194 cm³/mol. The molecule has 272 valence electrons. The van der Waals surface area contributed by atoms with Crippen LogP contribution in [0.4, 0.5) is 0 Å². The van der Waals surface area contributed by atoms with Crippen LogP contribution in [0.1, 0.15) is 83.2 Å². The number of aromatic nitrogens is 2. The Morgan fingerprint density at radius 2 is 1.96 bits per heavy atom. The van der Waals surface area contributed by atoms with Crippen molar-refractivity contribution >= 4 is 61.6 Å². The van der Waals surface area contributed by atoms with Gasteiger partial charge in [0, 0.05) is 35.6 Å². The highest BCUT2D eigenvalue weighted by molar-refractivity contribution is 7.91. The van der Waals surface area contributed by atoms with Crippen LogP contribution in [-0.4, -0.2) is 77.6 Å². The van der Waals surface area contributed by atoms with Crippen LogP contribution in [0.25, 0.3) is 21.6 Å². The Bertz CT molecular complexity index is 2010. The topological polar surface area (TPSA) is 157 Å². The molecule has 1 aromatic carbocycles. The first kappa shape index (κ1) is 35.6. The minimum Gasteiger partial charge on any atom is -0.495 e. The summed E-state index contributed by atoms with van der Waals surface area (Å²) in [5.74, 6) is -0.629. The highest BCUT2D eigenvalue weighted by Crippen LogP contribution is 2.46. The number of pyridine rings is 1. The number of carbonyl (C=O) groups is 3. The van der Waals surface area contributed by atoms with E-state index in [-0.39, 0.29) is 43.6 Å². The van der Waals surface area contributed by atoms with Gasteiger partial charge in [0.25, 0.3) is 5.91 Å². The Morgan fingerprint density at radius 1 is 1.16 bits per heavy atom. The molecule has 15 heteroatoms. The number of methoxy groups -OCH3 is 1. The van der Waals surface area contributed by atoms with Gasteiger partial charge in [0.2, 0.25) is 21.8 Å². The number of rotatable bonds is 8. The fourth-order valence-electron chi connectivity index (χ4n) is 6.92. The predicted octanol–water partition coefficient (Wildman–Crippen LogP) is 5.50. The van der Waals surface area contributed by atoms with Crippen LogP contribution in [0.2, 0.25) is 5.02 Å². The number of thiazole rings is 1. The van der Waals surface area contributed by atoms with Crippen molar-refractivity contribution in [2.75, 3.05) is 13.7 Å². The van der Waals surface area contributed by atoms with Gasteiger partial charge in [-0.2, -0.15) is 0 Å². The van der Waals surface area contributed by atoms with Crippen molar-refractivity contribution < 1.29 is 32.3 Å². The average Bonchev–Trinajstić information content (AvgIpc) is 3.97. The summed E-state index contributed by atoms with van der Waals surface area (Å²) in [6.07, 6.45) is 8.15. The van der Waals surface area contributed by atoms with E-state index in [9.17, 15) is 22.8 Å². The number of carbonyl (C=O) groups excluding carboxylic acids is 3. The molecule has 4 heterocycles. The molecule has 2 aliphatic carbocycles. The van der Waals surface area contributed by atoms with Crippen LogP contribution in [0.5, 0.6) is 11.5 Å². The summed E-state index contributed by atoms with van der Waals surface area (Å²) < 4.78 is 39.8. The third-order valence-electron chi connectivity index (χ3n) is 10.2. The van der Waals surface area contributed by atoms with E-state index >= 15 is 0 Å². The number of nitrogens with one attached hydrogen (secondary N) is 2. The molecule has 4 aliphatic rings. The normalized spacial score (nSPS) is 25.6. The number of halogens is 1. The van der Waals surface area contributed by atoms with Crippen LogP contribution >= 0.6 is 22.9 Å². The number of amides is 3. The second-order valence-corrected chi connectivity index (χ2v) is 17.4. The molecule has 0 radical (unpaired) electrons. The van der Waals surface area contributed by atoms with Crippen molar-refractivity contribution in [1.29, 1.82) is 0 Å². The second-order valence-electron chi connectivity index (χ2n) is 14.2. The van der Waals surface area contributed by atoms with E-state index < -0.39 is 44.8 Å². The maximum absolute atomic E-state index is 14.1. The SMILES string of the molecule is COc1ccc2c(O[C@@H]3C[C@H]4C(=O)N[C@]5(C(=O)NS(=O)(=O)C6CC6)C[C@H]5C=CCCCCCC(=O)N4C3)cc(-c3nc(C(C)C)cs3)nc2c1Cl. The molecule has 0 bridgehead atoms. The summed E-state index contributed by atoms with van der Waals surface area (Å²) in [7, 11) is -2.30. The molecule has 1 saturated heterocycles. The summed E-state index contributed by atoms with van der Waals surface area (Å²) in [5.41, 5.74) is 0.562. The fraction of sp³-hybridized carbons (Fsp3) is 0.528. The van der Waals surface area contributed by atoms with Crippen molar-refractivity contribution in [2.24, 2.45) is 5.92 Å². The van der Waals surface area contributed by atoms with Crippen LogP contribution in [0.3, 0.4) is 0 Å². The number of ether oxygens (including phenoxy) is 2. The first-order chi connectivity index (χ1) is 24.4. The van der Waals surface area contributed by atoms with Gasteiger partial charge < -0.3 is 19.7 Å². The Morgan fingerprint density at radius 3 is 2.69 bits per heavy atom. The van der Waals surface area contributed by atoms with Gasteiger partial charge in [0.1, 0.15) is 44.9 Å². The van der Waals surface area contributed by atoms with E-state index in [4.69, 9.17) is 31.0 Å². The van der Waals surface area contributed by atoms with Gasteiger partial charge >= 0.3 is 0 Å². The molecule has 4 atom stereocenters. The molecular formula is C36H42ClN5O7S2. The Labute approximate surface area is 306 Å². The largest absolute Gasteiger partial charge is 0.495 e. The van der Waals surface area contributed by atoms with E-state index in [1.165, 1.54) is 18.4 Å².